The molecule has 2 N–H and O–H groups in total. The molecule has 0 aromatic carbocycles. The van der Waals surface area contributed by atoms with Gasteiger partial charge in [0.05, 0.1) is 30.3 Å². The van der Waals surface area contributed by atoms with E-state index in [1.807, 2.05) is 0 Å². The maximum atomic E-state index is 12.5. The summed E-state index contributed by atoms with van der Waals surface area (Å²) in [6, 6.07) is 2.63. The highest BCUT2D eigenvalue weighted by atomic mass is 32.2. The molecule has 0 spiro atoms. The second kappa shape index (κ2) is 6.38. The topological polar surface area (TPSA) is 118 Å². The number of sulfonamides is 1. The number of H-pyrrole nitrogens is 1. The van der Waals surface area contributed by atoms with Crippen LogP contribution in [-0.4, -0.2) is 55.1 Å². The minimum atomic E-state index is -3.76. The first-order chi connectivity index (χ1) is 11.4. The number of furan rings is 1. The van der Waals surface area contributed by atoms with Crippen molar-refractivity contribution in [3.05, 3.63) is 29.3 Å². The van der Waals surface area contributed by atoms with E-state index in [-0.39, 0.29) is 23.9 Å². The molecule has 1 saturated heterocycles. The van der Waals surface area contributed by atoms with Gasteiger partial charge in [-0.25, -0.2) is 8.42 Å². The molecule has 2 aromatic rings. The SMILES string of the molecule is Cc1n[nH]c(C)c1NC(=O)c1ccc(S(=O)(=O)N2CCOCC2)o1. The first kappa shape index (κ1) is 16.7. The Kier molecular flexibility index (Phi) is 4.43. The molecule has 24 heavy (non-hydrogen) atoms. The van der Waals surface area contributed by atoms with Crippen LogP contribution in [-0.2, 0) is 14.8 Å². The molecule has 0 radical (unpaired) electrons. The number of rotatable bonds is 4. The van der Waals surface area contributed by atoms with Crippen LogP contribution in [0.5, 0.6) is 0 Å². The van der Waals surface area contributed by atoms with E-state index in [4.69, 9.17) is 9.15 Å². The summed E-state index contributed by atoms with van der Waals surface area (Å²) in [6.45, 7) is 4.72. The molecular weight excluding hydrogens is 336 g/mol. The average molecular weight is 354 g/mol. The lowest BCUT2D eigenvalue weighted by molar-refractivity contribution is 0.0723. The Morgan fingerprint density at radius 1 is 1.29 bits per heavy atom. The van der Waals surface area contributed by atoms with E-state index in [0.717, 1.165) is 0 Å². The maximum Gasteiger partial charge on any atom is 0.291 e. The van der Waals surface area contributed by atoms with Gasteiger partial charge in [0, 0.05) is 13.1 Å². The van der Waals surface area contributed by atoms with E-state index < -0.39 is 15.9 Å². The van der Waals surface area contributed by atoms with E-state index in [0.29, 0.717) is 30.3 Å². The number of anilines is 1. The molecule has 3 heterocycles. The molecule has 130 valence electrons. The zero-order valence-electron chi connectivity index (χ0n) is 13.3. The molecule has 3 rings (SSSR count). The summed E-state index contributed by atoms with van der Waals surface area (Å²) in [5.74, 6) is -0.618. The normalized spacial score (nSPS) is 16.2. The number of carbonyl (C=O) groups excluding carboxylic acids is 1. The van der Waals surface area contributed by atoms with Crippen molar-refractivity contribution in [2.45, 2.75) is 18.9 Å². The number of ether oxygens (including phenoxy) is 1. The van der Waals surface area contributed by atoms with E-state index in [2.05, 4.69) is 15.5 Å². The summed E-state index contributed by atoms with van der Waals surface area (Å²) in [7, 11) is -3.76. The van der Waals surface area contributed by atoms with Crippen molar-refractivity contribution in [3.8, 4) is 0 Å². The Balaban J connectivity index is 1.78. The quantitative estimate of drug-likeness (QED) is 0.842. The maximum absolute atomic E-state index is 12.5. The van der Waals surface area contributed by atoms with Crippen LogP contribution in [0.4, 0.5) is 5.69 Å². The van der Waals surface area contributed by atoms with Crippen molar-refractivity contribution in [1.82, 2.24) is 14.5 Å². The third-order valence-electron chi connectivity index (χ3n) is 3.74. The molecule has 9 nitrogen and oxygen atoms in total. The van der Waals surface area contributed by atoms with Gasteiger partial charge in [0.15, 0.2) is 5.76 Å². The number of nitrogens with one attached hydrogen (secondary N) is 2. The Labute approximate surface area is 139 Å². The lowest BCUT2D eigenvalue weighted by Crippen LogP contribution is -2.40. The van der Waals surface area contributed by atoms with E-state index in [9.17, 15) is 13.2 Å². The third-order valence-corrected chi connectivity index (χ3v) is 5.51. The predicted octanol–water partition coefficient (Wildman–Crippen LogP) is 0.893. The van der Waals surface area contributed by atoms with Crippen LogP contribution in [0.1, 0.15) is 21.9 Å². The van der Waals surface area contributed by atoms with Crippen LogP contribution in [0.2, 0.25) is 0 Å². The number of aromatic nitrogens is 2. The number of aryl methyl sites for hydroxylation is 2. The fraction of sp³-hybridized carbons (Fsp3) is 0.429. The molecular formula is C14H18N4O5S. The molecule has 1 aliphatic rings. The minimum Gasteiger partial charge on any atom is -0.438 e. The van der Waals surface area contributed by atoms with E-state index in [1.165, 1.54) is 16.4 Å². The number of hydrogen-bond donors (Lipinski definition) is 2. The molecule has 0 aliphatic carbocycles. The summed E-state index contributed by atoms with van der Waals surface area (Å²) in [4.78, 5) is 12.3. The van der Waals surface area contributed by atoms with Gasteiger partial charge in [0.2, 0.25) is 5.09 Å². The lowest BCUT2D eigenvalue weighted by atomic mass is 10.3. The van der Waals surface area contributed by atoms with Gasteiger partial charge in [-0.2, -0.15) is 9.40 Å². The number of aromatic amines is 1. The predicted molar refractivity (Wildman–Crippen MR) is 84.3 cm³/mol. The van der Waals surface area contributed by atoms with Gasteiger partial charge in [-0.05, 0) is 26.0 Å². The van der Waals surface area contributed by atoms with Gasteiger partial charge < -0.3 is 14.5 Å². The number of morpholine rings is 1. The highest BCUT2D eigenvalue weighted by molar-refractivity contribution is 7.89. The van der Waals surface area contributed by atoms with Gasteiger partial charge in [-0.15, -0.1) is 0 Å². The molecule has 0 saturated carbocycles. The third kappa shape index (κ3) is 3.07. The Morgan fingerprint density at radius 2 is 2.00 bits per heavy atom. The summed E-state index contributed by atoms with van der Waals surface area (Å²) in [6.07, 6.45) is 0. The molecule has 1 amide bonds. The Hall–Kier alpha value is -2.17. The van der Waals surface area contributed by atoms with Crippen LogP contribution < -0.4 is 5.32 Å². The monoisotopic (exact) mass is 354 g/mol. The van der Waals surface area contributed by atoms with E-state index in [1.54, 1.807) is 13.8 Å². The van der Waals surface area contributed by atoms with Crippen molar-refractivity contribution in [2.75, 3.05) is 31.6 Å². The minimum absolute atomic E-state index is 0.0816. The van der Waals surface area contributed by atoms with Crippen molar-refractivity contribution in [2.24, 2.45) is 0 Å². The van der Waals surface area contributed by atoms with Crippen molar-refractivity contribution < 1.29 is 22.4 Å². The fourth-order valence-corrected chi connectivity index (χ4v) is 3.72. The van der Waals surface area contributed by atoms with Gasteiger partial charge in [0.25, 0.3) is 15.9 Å². The van der Waals surface area contributed by atoms with Crippen LogP contribution in [0.25, 0.3) is 0 Å². The molecule has 1 aliphatic heterocycles. The zero-order valence-corrected chi connectivity index (χ0v) is 14.1. The van der Waals surface area contributed by atoms with Crippen molar-refractivity contribution in [3.63, 3.8) is 0 Å². The highest BCUT2D eigenvalue weighted by Crippen LogP contribution is 2.22. The average Bonchev–Trinajstić information content (AvgIpc) is 3.19. The standard InChI is InChI=1S/C14H18N4O5S/c1-9-13(10(2)17-16-9)15-14(19)11-3-4-12(23-11)24(20,21)18-5-7-22-8-6-18/h3-4H,5-8H2,1-2H3,(H,15,19)(H,16,17). The summed E-state index contributed by atoms with van der Waals surface area (Å²) < 4.78 is 36.7. The molecule has 10 heteroatoms. The van der Waals surface area contributed by atoms with Crippen LogP contribution in [0.15, 0.2) is 21.6 Å². The van der Waals surface area contributed by atoms with Gasteiger partial charge >= 0.3 is 0 Å². The molecule has 2 aromatic heterocycles. The van der Waals surface area contributed by atoms with Crippen LogP contribution in [0.3, 0.4) is 0 Å². The molecule has 1 fully saturated rings. The summed E-state index contributed by atoms with van der Waals surface area (Å²) >= 11 is 0. The van der Waals surface area contributed by atoms with Crippen molar-refractivity contribution in [1.29, 1.82) is 0 Å². The number of hydrogen-bond acceptors (Lipinski definition) is 6. The molecule has 0 bridgehead atoms. The zero-order chi connectivity index (χ0) is 17.3. The van der Waals surface area contributed by atoms with Crippen molar-refractivity contribution >= 4 is 21.6 Å². The second-order valence-corrected chi connectivity index (χ2v) is 7.27. The fourth-order valence-electron chi connectivity index (χ4n) is 2.41. The molecule has 0 unspecified atom stereocenters. The lowest BCUT2D eigenvalue weighted by Gasteiger charge is -2.24. The number of amides is 1. The number of nitrogens with zero attached hydrogens (tertiary/aromatic N) is 2. The second-order valence-electron chi connectivity index (χ2n) is 5.40. The van der Waals surface area contributed by atoms with E-state index >= 15 is 0 Å². The smallest absolute Gasteiger partial charge is 0.291 e. The molecule has 0 atom stereocenters. The largest absolute Gasteiger partial charge is 0.438 e. The van der Waals surface area contributed by atoms with Gasteiger partial charge in [0.1, 0.15) is 0 Å². The first-order valence-corrected chi connectivity index (χ1v) is 8.84. The van der Waals surface area contributed by atoms with Crippen LogP contribution >= 0.6 is 0 Å². The van der Waals surface area contributed by atoms with Gasteiger partial charge in [-0.1, -0.05) is 0 Å². The Morgan fingerprint density at radius 3 is 2.62 bits per heavy atom. The van der Waals surface area contributed by atoms with Crippen LogP contribution in [0, 0.1) is 13.8 Å². The number of carbonyl (C=O) groups is 1. The van der Waals surface area contributed by atoms with Gasteiger partial charge in [-0.3, -0.25) is 9.89 Å². The summed E-state index contributed by atoms with van der Waals surface area (Å²) in [5, 5.41) is 9.15. The Bertz CT molecular complexity index is 829. The highest BCUT2D eigenvalue weighted by Gasteiger charge is 2.30. The summed E-state index contributed by atoms with van der Waals surface area (Å²) in [5.41, 5.74) is 1.89. The first-order valence-electron chi connectivity index (χ1n) is 7.40.